The largest absolute Gasteiger partial charge is 0.375 e. The number of amides is 1. The summed E-state index contributed by atoms with van der Waals surface area (Å²) in [7, 11) is 0. The Labute approximate surface area is 158 Å². The average molecular weight is 374 g/mol. The van der Waals surface area contributed by atoms with E-state index in [0.717, 1.165) is 31.5 Å². The molecule has 5 nitrogen and oxygen atoms in total. The summed E-state index contributed by atoms with van der Waals surface area (Å²) in [5.74, 6) is -0.00452. The number of benzene rings is 1. The van der Waals surface area contributed by atoms with Crippen molar-refractivity contribution >= 4 is 17.5 Å². The van der Waals surface area contributed by atoms with E-state index in [0.29, 0.717) is 28.6 Å². The lowest BCUT2D eigenvalue weighted by molar-refractivity contribution is -0.0358. The molecule has 2 heterocycles. The number of carbonyl (C=O) groups is 1. The normalized spacial score (nSPS) is 19.2. The van der Waals surface area contributed by atoms with Crippen LogP contribution in [0, 0.1) is 0 Å². The maximum absolute atomic E-state index is 12.8. The predicted molar refractivity (Wildman–Crippen MR) is 101 cm³/mol. The van der Waals surface area contributed by atoms with Crippen LogP contribution in [0.5, 0.6) is 0 Å². The number of rotatable bonds is 4. The first-order chi connectivity index (χ1) is 12.7. The van der Waals surface area contributed by atoms with E-state index in [4.69, 9.17) is 16.3 Å². The highest BCUT2D eigenvalue weighted by Gasteiger charge is 2.28. The van der Waals surface area contributed by atoms with E-state index >= 15 is 0 Å². The number of halogens is 1. The highest BCUT2D eigenvalue weighted by atomic mass is 35.5. The molecule has 1 amide bonds. The molecule has 0 unspecified atom stereocenters. The minimum absolute atomic E-state index is 0.00452. The van der Waals surface area contributed by atoms with E-state index in [2.05, 4.69) is 10.2 Å². The first-order valence-corrected chi connectivity index (χ1v) is 9.83. The standard InChI is InChI=1S/C20H24ClN3O2/c21-17-8-4-3-7-16(17)18-13-19(23-22-18)20(25)24-11-9-15(10-12-24)26-14-5-1-2-6-14/h3-4,7-8,13-15H,1-2,5-6,9-12H2,(H,22,23). The first-order valence-electron chi connectivity index (χ1n) is 9.46. The van der Waals surface area contributed by atoms with Gasteiger partial charge >= 0.3 is 0 Å². The molecule has 1 aliphatic heterocycles. The van der Waals surface area contributed by atoms with E-state index < -0.39 is 0 Å². The fourth-order valence-corrected chi connectivity index (χ4v) is 4.13. The van der Waals surface area contributed by atoms with Crippen LogP contribution in [0.3, 0.4) is 0 Å². The van der Waals surface area contributed by atoms with Gasteiger partial charge in [-0.1, -0.05) is 42.6 Å². The molecule has 0 radical (unpaired) electrons. The van der Waals surface area contributed by atoms with Crippen molar-refractivity contribution in [1.82, 2.24) is 15.1 Å². The number of likely N-dealkylation sites (tertiary alicyclic amines) is 1. The van der Waals surface area contributed by atoms with E-state index in [-0.39, 0.29) is 5.91 Å². The van der Waals surface area contributed by atoms with Crippen LogP contribution < -0.4 is 0 Å². The Morgan fingerprint density at radius 3 is 2.54 bits per heavy atom. The van der Waals surface area contributed by atoms with Crippen molar-refractivity contribution in [3.05, 3.63) is 41.0 Å². The van der Waals surface area contributed by atoms with E-state index in [9.17, 15) is 4.79 Å². The van der Waals surface area contributed by atoms with Gasteiger partial charge in [0.2, 0.25) is 0 Å². The second-order valence-electron chi connectivity index (χ2n) is 7.18. The zero-order chi connectivity index (χ0) is 17.9. The molecule has 1 aromatic heterocycles. The Morgan fingerprint density at radius 2 is 1.81 bits per heavy atom. The van der Waals surface area contributed by atoms with E-state index in [1.165, 1.54) is 25.7 Å². The maximum atomic E-state index is 12.8. The highest BCUT2D eigenvalue weighted by Crippen LogP contribution is 2.28. The van der Waals surface area contributed by atoms with Gasteiger partial charge in [0.25, 0.3) is 5.91 Å². The molecule has 1 saturated carbocycles. The fraction of sp³-hybridized carbons (Fsp3) is 0.500. The van der Waals surface area contributed by atoms with Gasteiger partial charge < -0.3 is 9.64 Å². The molecule has 1 saturated heterocycles. The summed E-state index contributed by atoms with van der Waals surface area (Å²) in [5, 5.41) is 7.76. The van der Waals surface area contributed by atoms with Crippen LogP contribution in [-0.2, 0) is 4.74 Å². The molecule has 6 heteroatoms. The molecular formula is C20H24ClN3O2. The number of carbonyl (C=O) groups excluding carboxylic acids is 1. The van der Waals surface area contributed by atoms with Gasteiger partial charge in [-0.2, -0.15) is 5.10 Å². The van der Waals surface area contributed by atoms with Crippen LogP contribution >= 0.6 is 11.6 Å². The minimum Gasteiger partial charge on any atom is -0.375 e. The Balaban J connectivity index is 1.36. The van der Waals surface area contributed by atoms with Gasteiger partial charge in [-0.25, -0.2) is 0 Å². The van der Waals surface area contributed by atoms with Gasteiger partial charge in [-0.05, 0) is 37.8 Å². The van der Waals surface area contributed by atoms with Crippen molar-refractivity contribution in [2.75, 3.05) is 13.1 Å². The van der Waals surface area contributed by atoms with Gasteiger partial charge in [-0.3, -0.25) is 9.89 Å². The quantitative estimate of drug-likeness (QED) is 0.869. The summed E-state index contributed by atoms with van der Waals surface area (Å²) < 4.78 is 6.19. The van der Waals surface area contributed by atoms with Gasteiger partial charge in [0, 0.05) is 18.7 Å². The Kier molecular flexibility index (Phi) is 5.27. The lowest BCUT2D eigenvalue weighted by atomic mass is 10.1. The second kappa shape index (κ2) is 7.80. The van der Waals surface area contributed by atoms with Gasteiger partial charge in [0.1, 0.15) is 5.69 Å². The number of aromatic nitrogens is 2. The predicted octanol–water partition coefficient (Wildman–Crippen LogP) is 4.29. The van der Waals surface area contributed by atoms with Crippen molar-refractivity contribution in [2.45, 2.75) is 50.7 Å². The lowest BCUT2D eigenvalue weighted by Gasteiger charge is -2.33. The number of nitrogens with zero attached hydrogens (tertiary/aromatic N) is 2. The highest BCUT2D eigenvalue weighted by molar-refractivity contribution is 6.33. The molecule has 1 aromatic carbocycles. The fourth-order valence-electron chi connectivity index (χ4n) is 3.90. The van der Waals surface area contributed by atoms with E-state index in [1.54, 1.807) is 6.07 Å². The summed E-state index contributed by atoms with van der Waals surface area (Å²) >= 11 is 6.22. The zero-order valence-electron chi connectivity index (χ0n) is 14.8. The molecule has 0 spiro atoms. The van der Waals surface area contributed by atoms with E-state index in [1.807, 2.05) is 29.2 Å². The molecular weight excluding hydrogens is 350 g/mol. The number of aromatic amines is 1. The maximum Gasteiger partial charge on any atom is 0.271 e. The summed E-state index contributed by atoms with van der Waals surface area (Å²) in [6.07, 6.45) is 7.51. The third-order valence-electron chi connectivity index (χ3n) is 5.37. The molecule has 2 aliphatic rings. The Bertz CT molecular complexity index is 762. The molecule has 4 rings (SSSR count). The molecule has 1 N–H and O–H groups in total. The topological polar surface area (TPSA) is 58.2 Å². The Hall–Kier alpha value is -1.85. The monoisotopic (exact) mass is 373 g/mol. The number of H-pyrrole nitrogens is 1. The molecule has 26 heavy (non-hydrogen) atoms. The van der Waals surface area contributed by atoms with Crippen molar-refractivity contribution in [3.8, 4) is 11.3 Å². The summed E-state index contributed by atoms with van der Waals surface area (Å²) in [6, 6.07) is 9.29. The SMILES string of the molecule is O=C(c1cc(-c2ccccc2Cl)n[nH]1)N1CCC(OC2CCCC2)CC1. The molecule has 2 fully saturated rings. The van der Waals surface area contributed by atoms with Gasteiger partial charge in [0.15, 0.2) is 0 Å². The van der Waals surface area contributed by atoms with Crippen molar-refractivity contribution in [3.63, 3.8) is 0 Å². The molecule has 138 valence electrons. The van der Waals surface area contributed by atoms with Crippen LogP contribution in [0.2, 0.25) is 5.02 Å². The van der Waals surface area contributed by atoms with Crippen molar-refractivity contribution in [2.24, 2.45) is 0 Å². The Morgan fingerprint density at radius 1 is 1.12 bits per heavy atom. The third kappa shape index (κ3) is 3.79. The molecule has 1 aliphatic carbocycles. The van der Waals surface area contributed by atoms with Gasteiger partial charge in [-0.15, -0.1) is 0 Å². The van der Waals surface area contributed by atoms with Gasteiger partial charge in [0.05, 0.1) is 22.9 Å². The summed E-state index contributed by atoms with van der Waals surface area (Å²) in [5.41, 5.74) is 2.03. The second-order valence-corrected chi connectivity index (χ2v) is 7.59. The number of piperidine rings is 1. The lowest BCUT2D eigenvalue weighted by Crippen LogP contribution is -2.41. The smallest absolute Gasteiger partial charge is 0.271 e. The number of nitrogens with one attached hydrogen (secondary N) is 1. The number of ether oxygens (including phenoxy) is 1. The number of hydrogen-bond acceptors (Lipinski definition) is 3. The van der Waals surface area contributed by atoms with Crippen molar-refractivity contribution < 1.29 is 9.53 Å². The summed E-state index contributed by atoms with van der Waals surface area (Å²) in [4.78, 5) is 14.6. The average Bonchev–Trinajstić information content (AvgIpc) is 3.34. The zero-order valence-corrected chi connectivity index (χ0v) is 15.5. The van der Waals surface area contributed by atoms with Crippen LogP contribution in [0.25, 0.3) is 11.3 Å². The van der Waals surface area contributed by atoms with Crippen LogP contribution in [-0.4, -0.2) is 46.3 Å². The first kappa shape index (κ1) is 17.6. The van der Waals surface area contributed by atoms with Crippen LogP contribution in [0.1, 0.15) is 49.0 Å². The minimum atomic E-state index is -0.00452. The number of hydrogen-bond donors (Lipinski definition) is 1. The third-order valence-corrected chi connectivity index (χ3v) is 5.70. The summed E-state index contributed by atoms with van der Waals surface area (Å²) in [6.45, 7) is 1.47. The van der Waals surface area contributed by atoms with Crippen LogP contribution in [0.4, 0.5) is 0 Å². The molecule has 2 aromatic rings. The molecule has 0 bridgehead atoms. The molecule has 0 atom stereocenters. The van der Waals surface area contributed by atoms with Crippen molar-refractivity contribution in [1.29, 1.82) is 0 Å². The van der Waals surface area contributed by atoms with Crippen LogP contribution in [0.15, 0.2) is 30.3 Å².